The predicted molar refractivity (Wildman–Crippen MR) is 98.3 cm³/mol. The zero-order valence-electron chi connectivity index (χ0n) is 14.4. The van der Waals surface area contributed by atoms with Gasteiger partial charge in [-0.1, -0.05) is 17.4 Å². The van der Waals surface area contributed by atoms with Crippen molar-refractivity contribution in [3.8, 4) is 5.19 Å². The van der Waals surface area contributed by atoms with Gasteiger partial charge in [0, 0.05) is 19.2 Å². The number of halogens is 3. The first-order valence-electron chi connectivity index (χ1n) is 8.51. The normalized spacial score (nSPS) is 16.5. The number of aromatic nitrogens is 1. The van der Waals surface area contributed by atoms with Gasteiger partial charge in [0.25, 0.3) is 5.19 Å². The Morgan fingerprint density at radius 1 is 1.07 bits per heavy atom. The third-order valence-electron chi connectivity index (χ3n) is 4.49. The number of hydrogen-bond donors (Lipinski definition) is 0. The van der Waals surface area contributed by atoms with Crippen LogP contribution in [0.5, 0.6) is 5.19 Å². The Kier molecular flexibility index (Phi) is 5.02. The van der Waals surface area contributed by atoms with E-state index in [0.717, 1.165) is 12.1 Å². The lowest BCUT2D eigenvalue weighted by Gasteiger charge is -2.30. The smallest absolute Gasteiger partial charge is 0.274 e. The third kappa shape index (κ3) is 3.71. The minimum absolute atomic E-state index is 0.143. The number of para-hydroxylation sites is 1. The Bertz CT molecular complexity index is 1110. The second-order valence-corrected chi connectivity index (χ2v) is 9.32. The lowest BCUT2D eigenvalue weighted by molar-refractivity contribution is 0.135. The fourth-order valence-electron chi connectivity index (χ4n) is 3.10. The van der Waals surface area contributed by atoms with Gasteiger partial charge in [0.1, 0.15) is 29.1 Å². The molecule has 1 saturated heterocycles. The van der Waals surface area contributed by atoms with Crippen LogP contribution in [0.3, 0.4) is 0 Å². The van der Waals surface area contributed by atoms with Gasteiger partial charge in [-0.3, -0.25) is 0 Å². The van der Waals surface area contributed by atoms with Crippen LogP contribution in [-0.2, 0) is 10.0 Å². The van der Waals surface area contributed by atoms with Crippen LogP contribution < -0.4 is 4.74 Å². The van der Waals surface area contributed by atoms with E-state index in [1.54, 1.807) is 12.1 Å². The van der Waals surface area contributed by atoms with Crippen LogP contribution in [0.4, 0.5) is 13.2 Å². The average molecular weight is 428 g/mol. The van der Waals surface area contributed by atoms with Crippen molar-refractivity contribution in [1.82, 2.24) is 9.29 Å². The molecule has 0 bridgehead atoms. The third-order valence-corrected chi connectivity index (χ3v) is 7.28. The Balaban J connectivity index is 1.44. The standard InChI is InChI=1S/C18H15F3N2O3S2/c19-11-8-12(20)10-14(9-11)28(24,25)23-6-4-13(5-7-23)26-18-22-17-15(21)2-1-3-16(17)27-18/h1-3,8-10,13H,4-7H2. The summed E-state index contributed by atoms with van der Waals surface area (Å²) in [5.74, 6) is -2.31. The molecule has 1 aliphatic heterocycles. The first-order valence-corrected chi connectivity index (χ1v) is 10.8. The zero-order chi connectivity index (χ0) is 19.9. The van der Waals surface area contributed by atoms with E-state index in [0.29, 0.717) is 28.8 Å². The predicted octanol–water partition coefficient (Wildman–Crippen LogP) is 3.95. The highest BCUT2D eigenvalue weighted by molar-refractivity contribution is 7.89. The molecule has 0 radical (unpaired) electrons. The molecule has 5 nitrogen and oxygen atoms in total. The summed E-state index contributed by atoms with van der Waals surface area (Å²) in [6.07, 6.45) is 0.490. The van der Waals surface area contributed by atoms with E-state index in [1.807, 2.05) is 0 Å². The van der Waals surface area contributed by atoms with Crippen molar-refractivity contribution in [3.63, 3.8) is 0 Å². The number of sulfonamides is 1. The first-order chi connectivity index (χ1) is 13.3. The number of benzene rings is 2. The average Bonchev–Trinajstić information content (AvgIpc) is 3.05. The highest BCUT2D eigenvalue weighted by atomic mass is 32.2. The van der Waals surface area contributed by atoms with Crippen LogP contribution in [0.1, 0.15) is 12.8 Å². The summed E-state index contributed by atoms with van der Waals surface area (Å²) in [5, 5.41) is 0.327. The molecule has 1 aliphatic rings. The quantitative estimate of drug-likeness (QED) is 0.632. The number of hydrogen-bond acceptors (Lipinski definition) is 5. The monoisotopic (exact) mass is 428 g/mol. The van der Waals surface area contributed by atoms with E-state index in [2.05, 4.69) is 4.98 Å². The fraction of sp³-hybridized carbons (Fsp3) is 0.278. The summed E-state index contributed by atoms with van der Waals surface area (Å²) in [6, 6.07) is 6.90. The molecule has 3 aromatic rings. The molecule has 0 spiro atoms. The minimum Gasteiger partial charge on any atom is -0.467 e. The van der Waals surface area contributed by atoms with Gasteiger partial charge in [0.2, 0.25) is 10.0 Å². The summed E-state index contributed by atoms with van der Waals surface area (Å²) in [4.78, 5) is 3.74. The second-order valence-electron chi connectivity index (χ2n) is 6.39. The Morgan fingerprint density at radius 3 is 2.39 bits per heavy atom. The van der Waals surface area contributed by atoms with Gasteiger partial charge in [-0.25, -0.2) is 21.6 Å². The molecule has 1 fully saturated rings. The van der Waals surface area contributed by atoms with Gasteiger partial charge in [-0.15, -0.1) is 0 Å². The maximum atomic E-state index is 13.7. The summed E-state index contributed by atoms with van der Waals surface area (Å²) < 4.78 is 73.4. The van der Waals surface area contributed by atoms with E-state index in [4.69, 9.17) is 4.74 Å². The zero-order valence-corrected chi connectivity index (χ0v) is 16.1. The van der Waals surface area contributed by atoms with E-state index < -0.39 is 32.4 Å². The topological polar surface area (TPSA) is 59.5 Å². The molecular formula is C18H15F3N2O3S2. The molecular weight excluding hydrogens is 413 g/mol. The van der Waals surface area contributed by atoms with Gasteiger partial charge in [-0.05, 0) is 37.1 Å². The molecule has 0 aliphatic carbocycles. The summed E-state index contributed by atoms with van der Waals surface area (Å²) >= 11 is 1.22. The highest BCUT2D eigenvalue weighted by Gasteiger charge is 2.31. The molecule has 0 unspecified atom stereocenters. The molecule has 10 heteroatoms. The van der Waals surface area contributed by atoms with E-state index in [1.165, 1.54) is 21.7 Å². The first kappa shape index (κ1) is 19.2. The van der Waals surface area contributed by atoms with Crippen molar-refractivity contribution in [1.29, 1.82) is 0 Å². The fourth-order valence-corrected chi connectivity index (χ4v) is 5.51. The largest absolute Gasteiger partial charge is 0.467 e. The van der Waals surface area contributed by atoms with Crippen LogP contribution in [0, 0.1) is 17.5 Å². The number of fused-ring (bicyclic) bond motifs is 1. The lowest BCUT2D eigenvalue weighted by atomic mass is 10.1. The van der Waals surface area contributed by atoms with E-state index >= 15 is 0 Å². The number of ether oxygens (including phenoxy) is 1. The molecule has 28 heavy (non-hydrogen) atoms. The minimum atomic E-state index is -3.99. The van der Waals surface area contributed by atoms with E-state index in [9.17, 15) is 21.6 Å². The van der Waals surface area contributed by atoms with Crippen LogP contribution in [0.25, 0.3) is 10.2 Å². The van der Waals surface area contributed by atoms with Crippen LogP contribution in [0.15, 0.2) is 41.3 Å². The summed E-state index contributed by atoms with van der Waals surface area (Å²) in [6.45, 7) is 0.286. The second kappa shape index (κ2) is 7.34. The molecule has 0 amide bonds. The van der Waals surface area contributed by atoms with Gasteiger partial charge < -0.3 is 4.74 Å². The van der Waals surface area contributed by atoms with Crippen molar-refractivity contribution >= 4 is 31.6 Å². The van der Waals surface area contributed by atoms with Crippen molar-refractivity contribution in [2.75, 3.05) is 13.1 Å². The Morgan fingerprint density at radius 2 is 1.75 bits per heavy atom. The number of rotatable bonds is 4. The van der Waals surface area contributed by atoms with Crippen molar-refractivity contribution in [3.05, 3.63) is 53.8 Å². The number of piperidine rings is 1. The molecule has 148 valence electrons. The highest BCUT2D eigenvalue weighted by Crippen LogP contribution is 2.31. The van der Waals surface area contributed by atoms with Crippen molar-refractivity contribution < 1.29 is 26.3 Å². The molecule has 2 aromatic carbocycles. The Hall–Kier alpha value is -2.17. The maximum Gasteiger partial charge on any atom is 0.274 e. The lowest BCUT2D eigenvalue weighted by Crippen LogP contribution is -2.41. The maximum absolute atomic E-state index is 13.7. The van der Waals surface area contributed by atoms with Gasteiger partial charge in [-0.2, -0.15) is 9.29 Å². The molecule has 2 heterocycles. The van der Waals surface area contributed by atoms with Crippen LogP contribution >= 0.6 is 11.3 Å². The van der Waals surface area contributed by atoms with Gasteiger partial charge in [0.05, 0.1) is 9.60 Å². The molecule has 0 saturated carbocycles. The Labute approximate surface area is 163 Å². The van der Waals surface area contributed by atoms with Crippen molar-refractivity contribution in [2.45, 2.75) is 23.8 Å². The summed E-state index contributed by atoms with van der Waals surface area (Å²) in [7, 11) is -3.99. The van der Waals surface area contributed by atoms with E-state index in [-0.39, 0.29) is 24.7 Å². The van der Waals surface area contributed by atoms with Crippen LogP contribution in [0.2, 0.25) is 0 Å². The molecule has 0 N–H and O–H groups in total. The summed E-state index contributed by atoms with van der Waals surface area (Å²) in [5.41, 5.74) is 0.246. The van der Waals surface area contributed by atoms with Gasteiger partial charge >= 0.3 is 0 Å². The van der Waals surface area contributed by atoms with Crippen molar-refractivity contribution in [2.24, 2.45) is 0 Å². The van der Waals surface area contributed by atoms with Crippen LogP contribution in [-0.4, -0.2) is 36.9 Å². The number of nitrogens with zero attached hydrogens (tertiary/aromatic N) is 2. The SMILES string of the molecule is O=S(=O)(c1cc(F)cc(F)c1)N1CCC(Oc2nc3c(F)cccc3s2)CC1. The number of thiazole rings is 1. The molecule has 0 atom stereocenters. The molecule has 4 rings (SSSR count). The van der Waals surface area contributed by atoms with Gasteiger partial charge in [0.15, 0.2) is 0 Å². The molecule has 1 aromatic heterocycles.